The quantitative estimate of drug-likeness (QED) is 0.739. The molecule has 0 saturated carbocycles. The third-order valence-corrected chi connectivity index (χ3v) is 4.53. The van der Waals surface area contributed by atoms with E-state index in [0.717, 1.165) is 22.9 Å². The molecule has 0 aliphatic heterocycles. The molecule has 1 heterocycles. The lowest BCUT2D eigenvalue weighted by molar-refractivity contribution is -0.562. The predicted molar refractivity (Wildman–Crippen MR) is 82.1 cm³/mol. The van der Waals surface area contributed by atoms with Crippen LogP contribution in [0.5, 0.6) is 11.5 Å². The largest absolute Gasteiger partial charge is 0.497 e. The SMILES string of the molecule is COc1ccc(-[n+]2cc[n+](-c3ccc(OC)cc3)[pH]2)cc1. The molecule has 0 N–H and O–H groups in total. The van der Waals surface area contributed by atoms with Gasteiger partial charge in [-0.15, -0.1) is 8.66 Å². The zero-order valence-electron chi connectivity index (χ0n) is 12.0. The van der Waals surface area contributed by atoms with Gasteiger partial charge in [0.2, 0.25) is 23.8 Å². The zero-order valence-corrected chi connectivity index (χ0v) is 13.0. The molecule has 0 saturated heterocycles. The molecular formula is C16H17N2O2P+2. The van der Waals surface area contributed by atoms with Gasteiger partial charge in [-0.1, -0.05) is 0 Å². The molecule has 0 aliphatic rings. The highest BCUT2D eigenvalue weighted by Gasteiger charge is 2.17. The first-order valence-electron chi connectivity index (χ1n) is 6.61. The summed E-state index contributed by atoms with van der Waals surface area (Å²) in [5.41, 5.74) is 2.31. The second-order valence-corrected chi connectivity index (χ2v) is 5.70. The van der Waals surface area contributed by atoms with E-state index in [1.54, 1.807) is 14.2 Å². The molecule has 106 valence electrons. The van der Waals surface area contributed by atoms with Crippen LogP contribution in [0.1, 0.15) is 0 Å². The number of methoxy groups -OCH3 is 2. The van der Waals surface area contributed by atoms with Gasteiger partial charge in [0.1, 0.15) is 11.5 Å². The summed E-state index contributed by atoms with van der Waals surface area (Å²) in [6, 6.07) is 16.2. The number of hydrogen-bond donors (Lipinski definition) is 0. The molecule has 0 bridgehead atoms. The first-order valence-corrected chi connectivity index (χ1v) is 7.51. The van der Waals surface area contributed by atoms with Gasteiger partial charge in [0.15, 0.2) is 0 Å². The average Bonchev–Trinajstić information content (AvgIpc) is 3.05. The van der Waals surface area contributed by atoms with Crippen molar-refractivity contribution in [3.05, 3.63) is 60.9 Å². The highest BCUT2D eigenvalue weighted by molar-refractivity contribution is 7.12. The second-order valence-electron chi connectivity index (χ2n) is 4.53. The van der Waals surface area contributed by atoms with Crippen LogP contribution in [-0.4, -0.2) is 14.2 Å². The van der Waals surface area contributed by atoms with Gasteiger partial charge in [0, 0.05) is 24.3 Å². The fourth-order valence-electron chi connectivity index (χ4n) is 2.09. The minimum Gasteiger partial charge on any atom is -0.497 e. The van der Waals surface area contributed by atoms with E-state index in [0.29, 0.717) is 8.51 Å². The van der Waals surface area contributed by atoms with Crippen LogP contribution in [0.25, 0.3) is 11.4 Å². The van der Waals surface area contributed by atoms with E-state index in [9.17, 15) is 0 Å². The summed E-state index contributed by atoms with van der Waals surface area (Å²) in [6.07, 6.45) is 4.18. The molecule has 0 radical (unpaired) electrons. The highest BCUT2D eigenvalue weighted by atomic mass is 31.1. The van der Waals surface area contributed by atoms with E-state index >= 15 is 0 Å². The lowest BCUT2D eigenvalue weighted by atomic mass is 10.3. The van der Waals surface area contributed by atoms with Crippen LogP contribution < -0.4 is 18.1 Å². The first kappa shape index (κ1) is 13.7. The molecule has 0 spiro atoms. The fraction of sp³-hybridized carbons (Fsp3) is 0.125. The molecule has 3 aromatic rings. The minimum atomic E-state index is 0.515. The Balaban J connectivity index is 1.87. The van der Waals surface area contributed by atoms with Crippen molar-refractivity contribution < 1.29 is 18.1 Å². The zero-order chi connectivity index (χ0) is 14.7. The summed E-state index contributed by atoms with van der Waals surface area (Å²) < 4.78 is 14.8. The second kappa shape index (κ2) is 5.98. The summed E-state index contributed by atoms with van der Waals surface area (Å²) in [5, 5.41) is 0. The van der Waals surface area contributed by atoms with Crippen LogP contribution in [-0.2, 0) is 0 Å². The van der Waals surface area contributed by atoms with Crippen molar-refractivity contribution in [3.63, 3.8) is 0 Å². The Bertz CT molecular complexity index is 659. The average molecular weight is 300 g/mol. The summed E-state index contributed by atoms with van der Waals surface area (Å²) in [5.74, 6) is 1.74. The van der Waals surface area contributed by atoms with Gasteiger partial charge in [0.05, 0.1) is 14.2 Å². The van der Waals surface area contributed by atoms with Crippen LogP contribution in [0.2, 0.25) is 0 Å². The minimum absolute atomic E-state index is 0.515. The maximum atomic E-state index is 5.19. The molecule has 0 fully saturated rings. The highest BCUT2D eigenvalue weighted by Crippen LogP contribution is 2.14. The van der Waals surface area contributed by atoms with E-state index in [-0.39, 0.29) is 0 Å². The number of benzene rings is 2. The van der Waals surface area contributed by atoms with Crippen molar-refractivity contribution in [1.29, 1.82) is 0 Å². The molecule has 0 aliphatic carbocycles. The molecule has 0 amide bonds. The fourth-order valence-corrected chi connectivity index (χ4v) is 3.12. The van der Waals surface area contributed by atoms with E-state index < -0.39 is 0 Å². The molecule has 4 nitrogen and oxygen atoms in total. The van der Waals surface area contributed by atoms with Gasteiger partial charge in [0.25, 0.3) is 0 Å². The van der Waals surface area contributed by atoms with Crippen molar-refractivity contribution in [2.24, 2.45) is 0 Å². The first-order chi connectivity index (χ1) is 10.3. The van der Waals surface area contributed by atoms with Gasteiger partial charge in [-0.05, 0) is 24.3 Å². The predicted octanol–water partition coefficient (Wildman–Crippen LogP) is 2.29. The summed E-state index contributed by atoms with van der Waals surface area (Å²) in [4.78, 5) is 0. The van der Waals surface area contributed by atoms with Crippen molar-refractivity contribution in [1.82, 2.24) is 0 Å². The monoisotopic (exact) mass is 300 g/mol. The Morgan fingerprint density at radius 3 is 1.38 bits per heavy atom. The van der Waals surface area contributed by atoms with Gasteiger partial charge >= 0.3 is 8.51 Å². The Hall–Kier alpha value is -2.32. The number of aromatic nitrogens is 2. The molecule has 1 aromatic heterocycles. The van der Waals surface area contributed by atoms with Gasteiger partial charge < -0.3 is 9.47 Å². The third-order valence-electron chi connectivity index (χ3n) is 3.28. The Morgan fingerprint density at radius 1 is 0.667 bits per heavy atom. The van der Waals surface area contributed by atoms with Crippen molar-refractivity contribution in [2.75, 3.05) is 14.2 Å². The molecular weight excluding hydrogens is 283 g/mol. The van der Waals surface area contributed by atoms with Crippen LogP contribution in [0.3, 0.4) is 0 Å². The molecule has 2 aromatic carbocycles. The standard InChI is InChI=1S/C16H17N2O2P/c1-19-15-7-3-13(4-8-15)17-11-12-18(21-17)14-5-9-16(20-2)10-6-14/h3-12,21H,1-2H3/q+2. The van der Waals surface area contributed by atoms with Gasteiger partial charge in [-0.3, -0.25) is 0 Å². The van der Waals surface area contributed by atoms with Crippen LogP contribution >= 0.6 is 8.51 Å². The summed E-state index contributed by atoms with van der Waals surface area (Å²) >= 11 is 0. The summed E-state index contributed by atoms with van der Waals surface area (Å²) in [6.45, 7) is 0. The van der Waals surface area contributed by atoms with Crippen molar-refractivity contribution in [2.45, 2.75) is 0 Å². The van der Waals surface area contributed by atoms with E-state index in [4.69, 9.17) is 9.47 Å². The van der Waals surface area contributed by atoms with Gasteiger partial charge in [-0.2, -0.15) is 0 Å². The van der Waals surface area contributed by atoms with E-state index in [2.05, 4.69) is 45.3 Å². The topological polar surface area (TPSA) is 26.2 Å². The van der Waals surface area contributed by atoms with E-state index in [1.165, 1.54) is 0 Å². The summed E-state index contributed by atoms with van der Waals surface area (Å²) in [7, 11) is 3.87. The maximum absolute atomic E-state index is 5.19. The maximum Gasteiger partial charge on any atom is 0.399 e. The molecule has 0 atom stereocenters. The Morgan fingerprint density at radius 2 is 1.05 bits per heavy atom. The lowest BCUT2D eigenvalue weighted by Gasteiger charge is -1.97. The van der Waals surface area contributed by atoms with E-state index in [1.807, 2.05) is 24.3 Å². The van der Waals surface area contributed by atoms with Crippen LogP contribution in [0.4, 0.5) is 0 Å². The van der Waals surface area contributed by atoms with Crippen LogP contribution in [0.15, 0.2) is 60.9 Å². The van der Waals surface area contributed by atoms with Crippen LogP contribution in [0, 0.1) is 0 Å². The molecule has 5 heteroatoms. The number of nitrogens with zero attached hydrogens (tertiary/aromatic N) is 2. The number of ether oxygens (including phenoxy) is 2. The number of hydrogen-bond acceptors (Lipinski definition) is 2. The Kier molecular flexibility index (Phi) is 3.89. The third kappa shape index (κ3) is 2.91. The molecule has 21 heavy (non-hydrogen) atoms. The normalized spacial score (nSPS) is 10.4. The van der Waals surface area contributed by atoms with Crippen molar-refractivity contribution >= 4 is 8.51 Å². The van der Waals surface area contributed by atoms with Gasteiger partial charge in [-0.25, -0.2) is 0 Å². The lowest BCUT2D eigenvalue weighted by Crippen LogP contribution is -2.27. The smallest absolute Gasteiger partial charge is 0.399 e. The molecule has 3 rings (SSSR count). The number of rotatable bonds is 4. The van der Waals surface area contributed by atoms with Crippen molar-refractivity contribution in [3.8, 4) is 22.9 Å². The molecule has 0 unspecified atom stereocenters. The Labute approximate surface area is 125 Å².